The third kappa shape index (κ3) is 5.52. The van der Waals surface area contributed by atoms with Gasteiger partial charge in [-0.25, -0.2) is 0 Å². The molecule has 29 heavy (non-hydrogen) atoms. The lowest BCUT2D eigenvalue weighted by Crippen LogP contribution is -2.42. The summed E-state index contributed by atoms with van der Waals surface area (Å²) in [4.78, 5) is 27.0. The highest BCUT2D eigenvalue weighted by Gasteiger charge is 2.25. The molecular weight excluding hydrogens is 454 g/mol. The number of aryl methyl sites for hydroxylation is 1. The normalized spacial score (nSPS) is 16.4. The van der Waals surface area contributed by atoms with E-state index in [9.17, 15) is 9.59 Å². The Bertz CT molecular complexity index is 919. The van der Waals surface area contributed by atoms with Crippen LogP contribution >= 0.6 is 27.5 Å². The van der Waals surface area contributed by atoms with Crippen molar-refractivity contribution < 1.29 is 9.59 Å². The summed E-state index contributed by atoms with van der Waals surface area (Å²) in [6.07, 6.45) is 3.21. The number of rotatable bonds is 5. The van der Waals surface area contributed by atoms with Crippen molar-refractivity contribution in [2.45, 2.75) is 39.2 Å². The number of hydrogen-bond donors (Lipinski definition) is 2. The number of anilines is 2. The van der Waals surface area contributed by atoms with Crippen LogP contribution in [-0.2, 0) is 4.79 Å². The summed E-state index contributed by atoms with van der Waals surface area (Å²) in [6.45, 7) is 4.88. The highest BCUT2D eigenvalue weighted by molar-refractivity contribution is 9.10. The summed E-state index contributed by atoms with van der Waals surface area (Å²) in [5, 5.41) is 6.33. The van der Waals surface area contributed by atoms with E-state index in [2.05, 4.69) is 33.5 Å². The van der Waals surface area contributed by atoms with Crippen molar-refractivity contribution in [1.29, 1.82) is 0 Å². The van der Waals surface area contributed by atoms with E-state index in [1.54, 1.807) is 18.2 Å². The van der Waals surface area contributed by atoms with Crippen molar-refractivity contribution in [3.05, 3.63) is 57.0 Å². The highest BCUT2D eigenvalue weighted by Crippen LogP contribution is 2.26. The molecule has 0 saturated carbocycles. The van der Waals surface area contributed by atoms with Gasteiger partial charge in [-0.1, -0.05) is 27.5 Å². The zero-order valence-electron chi connectivity index (χ0n) is 16.6. The van der Waals surface area contributed by atoms with E-state index in [4.69, 9.17) is 11.6 Å². The number of hydrogen-bond acceptors (Lipinski definition) is 3. The van der Waals surface area contributed by atoms with Crippen LogP contribution in [0, 0.1) is 6.92 Å². The van der Waals surface area contributed by atoms with Crippen LogP contribution in [0.1, 0.15) is 42.1 Å². The van der Waals surface area contributed by atoms with Crippen LogP contribution in [0.25, 0.3) is 0 Å². The Morgan fingerprint density at radius 1 is 1.21 bits per heavy atom. The van der Waals surface area contributed by atoms with Crippen LogP contribution < -0.4 is 10.6 Å². The lowest BCUT2D eigenvalue weighted by atomic mass is 10.0. The first-order valence-electron chi connectivity index (χ1n) is 9.75. The molecule has 0 bridgehead atoms. The number of amides is 2. The SMILES string of the molecule is Cc1cc(Br)ccc1NC(=O)CNc1ccc(C(=O)N2CCCCC2C)c(Cl)c1. The van der Waals surface area contributed by atoms with Crippen LogP contribution in [0.2, 0.25) is 5.02 Å². The fourth-order valence-corrected chi connectivity index (χ4v) is 4.23. The second-order valence-corrected chi connectivity index (χ2v) is 8.72. The predicted octanol–water partition coefficient (Wildman–Crippen LogP) is 5.48. The fraction of sp³-hybridized carbons (Fsp3) is 0.364. The standard InChI is InChI=1S/C22H25BrClN3O2/c1-14-11-16(23)6-9-20(14)26-21(28)13-25-17-7-8-18(19(24)12-17)22(29)27-10-4-3-5-15(27)2/h6-9,11-12,15,25H,3-5,10,13H2,1-2H3,(H,26,28). The van der Waals surface area contributed by atoms with Gasteiger partial charge in [-0.05, 0) is 75.1 Å². The van der Waals surface area contributed by atoms with Crippen molar-refractivity contribution >= 4 is 50.7 Å². The molecule has 2 aromatic rings. The number of nitrogens with zero attached hydrogens (tertiary/aromatic N) is 1. The number of carbonyl (C=O) groups is 2. The van der Waals surface area contributed by atoms with E-state index in [1.807, 2.05) is 30.0 Å². The molecule has 154 valence electrons. The first-order chi connectivity index (χ1) is 13.8. The third-order valence-electron chi connectivity index (χ3n) is 5.18. The number of nitrogens with one attached hydrogen (secondary N) is 2. The number of carbonyl (C=O) groups excluding carboxylic acids is 2. The summed E-state index contributed by atoms with van der Waals surface area (Å²) >= 11 is 9.79. The molecule has 1 heterocycles. The van der Waals surface area contributed by atoms with Gasteiger partial charge in [0.25, 0.3) is 5.91 Å². The minimum atomic E-state index is -0.158. The van der Waals surface area contributed by atoms with Crippen LogP contribution in [0.3, 0.4) is 0 Å². The van der Waals surface area contributed by atoms with E-state index < -0.39 is 0 Å². The quantitative estimate of drug-likeness (QED) is 0.598. The Kier molecular flexibility index (Phi) is 7.19. The lowest BCUT2D eigenvalue weighted by Gasteiger charge is -2.33. The van der Waals surface area contributed by atoms with Crippen molar-refractivity contribution in [3.8, 4) is 0 Å². The van der Waals surface area contributed by atoms with Crippen molar-refractivity contribution in [2.24, 2.45) is 0 Å². The maximum atomic E-state index is 12.8. The van der Waals surface area contributed by atoms with Gasteiger partial charge in [-0.2, -0.15) is 0 Å². The third-order valence-corrected chi connectivity index (χ3v) is 5.98. The molecule has 0 radical (unpaired) electrons. The minimum Gasteiger partial charge on any atom is -0.376 e. The summed E-state index contributed by atoms with van der Waals surface area (Å²) in [7, 11) is 0. The van der Waals surface area contributed by atoms with Gasteiger partial charge in [0.15, 0.2) is 0 Å². The summed E-state index contributed by atoms with van der Waals surface area (Å²) in [5.41, 5.74) is 2.95. The molecule has 1 aliphatic rings. The van der Waals surface area contributed by atoms with E-state index in [0.29, 0.717) is 16.3 Å². The molecule has 1 atom stereocenters. The van der Waals surface area contributed by atoms with Crippen LogP contribution in [-0.4, -0.2) is 35.8 Å². The molecular formula is C22H25BrClN3O2. The summed E-state index contributed by atoms with van der Waals surface area (Å²) in [6, 6.07) is 11.1. The van der Waals surface area contributed by atoms with Gasteiger partial charge in [0.05, 0.1) is 17.1 Å². The predicted molar refractivity (Wildman–Crippen MR) is 122 cm³/mol. The largest absolute Gasteiger partial charge is 0.376 e. The van der Waals surface area contributed by atoms with Crippen molar-refractivity contribution in [2.75, 3.05) is 23.7 Å². The smallest absolute Gasteiger partial charge is 0.255 e. The summed E-state index contributed by atoms with van der Waals surface area (Å²) in [5.74, 6) is -0.189. The topological polar surface area (TPSA) is 61.4 Å². The van der Waals surface area contributed by atoms with E-state index >= 15 is 0 Å². The average Bonchev–Trinajstić information content (AvgIpc) is 2.68. The Balaban J connectivity index is 1.60. The molecule has 7 heteroatoms. The lowest BCUT2D eigenvalue weighted by molar-refractivity contribution is -0.114. The Hall–Kier alpha value is -2.05. The zero-order chi connectivity index (χ0) is 21.0. The first-order valence-corrected chi connectivity index (χ1v) is 10.9. The van der Waals surface area contributed by atoms with Gasteiger partial charge in [0, 0.05) is 28.4 Å². The average molecular weight is 479 g/mol. The van der Waals surface area contributed by atoms with E-state index in [1.165, 1.54) is 0 Å². The number of piperidine rings is 1. The number of benzene rings is 2. The van der Waals surface area contributed by atoms with Gasteiger partial charge < -0.3 is 15.5 Å². The second kappa shape index (κ2) is 9.63. The molecule has 0 aromatic heterocycles. The molecule has 0 aliphatic carbocycles. The van der Waals surface area contributed by atoms with Gasteiger partial charge >= 0.3 is 0 Å². The Morgan fingerprint density at radius 3 is 2.69 bits per heavy atom. The van der Waals surface area contributed by atoms with Crippen LogP contribution in [0.4, 0.5) is 11.4 Å². The molecule has 5 nitrogen and oxygen atoms in total. The van der Waals surface area contributed by atoms with Gasteiger partial charge in [-0.15, -0.1) is 0 Å². The Morgan fingerprint density at radius 2 is 2.00 bits per heavy atom. The molecule has 1 unspecified atom stereocenters. The maximum absolute atomic E-state index is 12.8. The molecule has 1 saturated heterocycles. The number of halogens is 2. The first kappa shape index (κ1) is 21.7. The second-order valence-electron chi connectivity index (χ2n) is 7.40. The van der Waals surface area contributed by atoms with Gasteiger partial charge in [0.1, 0.15) is 0 Å². The summed E-state index contributed by atoms with van der Waals surface area (Å²) < 4.78 is 0.967. The highest BCUT2D eigenvalue weighted by atomic mass is 79.9. The molecule has 1 aliphatic heterocycles. The number of likely N-dealkylation sites (tertiary alicyclic amines) is 1. The molecule has 3 rings (SSSR count). The van der Waals surface area contributed by atoms with Crippen LogP contribution in [0.5, 0.6) is 0 Å². The van der Waals surface area contributed by atoms with Crippen molar-refractivity contribution in [1.82, 2.24) is 4.90 Å². The maximum Gasteiger partial charge on any atom is 0.255 e. The van der Waals surface area contributed by atoms with E-state index in [0.717, 1.165) is 41.5 Å². The van der Waals surface area contributed by atoms with E-state index in [-0.39, 0.29) is 24.4 Å². The molecule has 2 amide bonds. The molecule has 2 N–H and O–H groups in total. The molecule has 2 aromatic carbocycles. The fourth-order valence-electron chi connectivity index (χ4n) is 3.50. The molecule has 0 spiro atoms. The van der Waals surface area contributed by atoms with Gasteiger partial charge in [0.2, 0.25) is 5.91 Å². The van der Waals surface area contributed by atoms with Gasteiger partial charge in [-0.3, -0.25) is 9.59 Å². The minimum absolute atomic E-state index is 0.0304. The van der Waals surface area contributed by atoms with Crippen molar-refractivity contribution in [3.63, 3.8) is 0 Å². The monoisotopic (exact) mass is 477 g/mol. The Labute approximate surface area is 184 Å². The zero-order valence-corrected chi connectivity index (χ0v) is 18.9. The molecule has 1 fully saturated rings. The van der Waals surface area contributed by atoms with Crippen LogP contribution in [0.15, 0.2) is 40.9 Å².